The third kappa shape index (κ3) is 3.08. The lowest BCUT2D eigenvalue weighted by molar-refractivity contribution is -0.144. The average molecular weight is 343 g/mol. The van der Waals surface area contributed by atoms with Crippen LogP contribution in [0.5, 0.6) is 0 Å². The van der Waals surface area contributed by atoms with Crippen molar-refractivity contribution in [2.75, 3.05) is 38.2 Å². The number of nitrogens with zero attached hydrogens (tertiary/aromatic N) is 4. The molecule has 2 fully saturated rings. The molecule has 7 heteroatoms. The molecule has 1 saturated carbocycles. The number of ether oxygens (including phenoxy) is 1. The molecule has 25 heavy (non-hydrogen) atoms. The van der Waals surface area contributed by atoms with Crippen molar-refractivity contribution in [3.8, 4) is 0 Å². The van der Waals surface area contributed by atoms with E-state index in [0.717, 1.165) is 42.8 Å². The van der Waals surface area contributed by atoms with Crippen molar-refractivity contribution in [2.45, 2.75) is 25.8 Å². The van der Waals surface area contributed by atoms with Crippen molar-refractivity contribution in [1.82, 2.24) is 19.9 Å². The van der Waals surface area contributed by atoms with Crippen LogP contribution in [0.2, 0.25) is 0 Å². The van der Waals surface area contributed by atoms with E-state index >= 15 is 0 Å². The zero-order valence-electron chi connectivity index (χ0n) is 14.8. The summed E-state index contributed by atoms with van der Waals surface area (Å²) in [6.07, 6.45) is 5.83. The minimum atomic E-state index is -0.105. The fourth-order valence-corrected chi connectivity index (χ4v) is 4.51. The Hall–Kier alpha value is -2.15. The Morgan fingerprint density at radius 3 is 2.84 bits per heavy atom. The van der Waals surface area contributed by atoms with Gasteiger partial charge in [-0.05, 0) is 37.7 Å². The number of carbonyl (C=O) groups is 1. The molecule has 0 radical (unpaired) electrons. The van der Waals surface area contributed by atoms with E-state index in [1.807, 2.05) is 19.2 Å². The summed E-state index contributed by atoms with van der Waals surface area (Å²) in [6.45, 7) is 4.73. The standard InChI is InChI=1S/C18H25N5O2/c1-3-25-16(24)10-23-8-12-6-14(7-13(12)9-23)22(2)18-15-4-5-19-17(15)20-11-21-18/h4-5,11-14H,3,6-10H2,1-2H3,(H,19,20,21)/t12-,13?,14+/m1/s1. The molecule has 0 amide bonds. The minimum Gasteiger partial charge on any atom is -0.465 e. The Morgan fingerprint density at radius 1 is 1.36 bits per heavy atom. The average Bonchev–Trinajstić information content (AvgIpc) is 3.27. The molecule has 2 aromatic rings. The summed E-state index contributed by atoms with van der Waals surface area (Å²) < 4.78 is 5.07. The van der Waals surface area contributed by atoms with Crippen molar-refractivity contribution < 1.29 is 9.53 Å². The fourth-order valence-electron chi connectivity index (χ4n) is 4.51. The van der Waals surface area contributed by atoms with Gasteiger partial charge in [0, 0.05) is 32.4 Å². The highest BCUT2D eigenvalue weighted by atomic mass is 16.5. The number of anilines is 1. The highest BCUT2D eigenvalue weighted by Crippen LogP contribution is 2.41. The highest BCUT2D eigenvalue weighted by Gasteiger charge is 2.42. The molecule has 2 aromatic heterocycles. The third-order valence-electron chi connectivity index (χ3n) is 5.67. The zero-order chi connectivity index (χ0) is 17.4. The van der Waals surface area contributed by atoms with Gasteiger partial charge in [0.15, 0.2) is 0 Å². The summed E-state index contributed by atoms with van der Waals surface area (Å²) in [4.78, 5) is 28.2. The van der Waals surface area contributed by atoms with Crippen LogP contribution >= 0.6 is 0 Å². The molecular formula is C18H25N5O2. The number of esters is 1. The topological polar surface area (TPSA) is 74.3 Å². The first-order valence-corrected chi connectivity index (χ1v) is 9.04. The number of hydrogen-bond donors (Lipinski definition) is 1. The van der Waals surface area contributed by atoms with Crippen molar-refractivity contribution in [3.05, 3.63) is 18.6 Å². The van der Waals surface area contributed by atoms with Crippen LogP contribution in [0.15, 0.2) is 18.6 Å². The van der Waals surface area contributed by atoms with E-state index in [9.17, 15) is 4.79 Å². The molecule has 4 rings (SSSR count). The van der Waals surface area contributed by atoms with Crippen LogP contribution in [0.4, 0.5) is 5.82 Å². The summed E-state index contributed by atoms with van der Waals surface area (Å²) in [7, 11) is 2.14. The van der Waals surface area contributed by atoms with Gasteiger partial charge in [0.2, 0.25) is 0 Å². The van der Waals surface area contributed by atoms with Gasteiger partial charge in [-0.15, -0.1) is 0 Å². The van der Waals surface area contributed by atoms with E-state index < -0.39 is 0 Å². The van der Waals surface area contributed by atoms with Crippen LogP contribution in [0.1, 0.15) is 19.8 Å². The fraction of sp³-hybridized carbons (Fsp3) is 0.611. The van der Waals surface area contributed by atoms with Crippen LogP contribution in [0, 0.1) is 11.8 Å². The van der Waals surface area contributed by atoms with E-state index in [2.05, 4.69) is 31.8 Å². The lowest BCUT2D eigenvalue weighted by Gasteiger charge is -2.27. The third-order valence-corrected chi connectivity index (χ3v) is 5.67. The first-order chi connectivity index (χ1) is 12.2. The largest absolute Gasteiger partial charge is 0.465 e. The number of hydrogen-bond acceptors (Lipinski definition) is 6. The van der Waals surface area contributed by atoms with Crippen LogP contribution in [0.25, 0.3) is 11.0 Å². The molecule has 2 aliphatic rings. The molecule has 3 atom stereocenters. The SMILES string of the molecule is CCOC(=O)CN1CC2C[C@@H](N(C)c3ncnc4[nH]ccc34)C[C@@H]2C1. The van der Waals surface area contributed by atoms with Crippen LogP contribution < -0.4 is 4.90 Å². The van der Waals surface area contributed by atoms with Crippen molar-refractivity contribution in [1.29, 1.82) is 0 Å². The Labute approximate surface area is 147 Å². The number of rotatable bonds is 5. The molecule has 1 N–H and O–H groups in total. The maximum atomic E-state index is 11.7. The molecule has 0 spiro atoms. The van der Waals surface area contributed by atoms with Crippen LogP contribution in [0.3, 0.4) is 0 Å². The van der Waals surface area contributed by atoms with Gasteiger partial charge >= 0.3 is 5.97 Å². The second-order valence-corrected chi connectivity index (χ2v) is 7.19. The van der Waals surface area contributed by atoms with Gasteiger partial charge in [-0.25, -0.2) is 9.97 Å². The predicted octanol–water partition coefficient (Wildman–Crippen LogP) is 1.67. The molecule has 3 heterocycles. The highest BCUT2D eigenvalue weighted by molar-refractivity contribution is 5.87. The van der Waals surface area contributed by atoms with Gasteiger partial charge in [0.25, 0.3) is 0 Å². The first-order valence-electron chi connectivity index (χ1n) is 9.04. The van der Waals surface area contributed by atoms with E-state index in [-0.39, 0.29) is 5.97 Å². The smallest absolute Gasteiger partial charge is 0.320 e. The first kappa shape index (κ1) is 16.3. The van der Waals surface area contributed by atoms with Gasteiger partial charge in [-0.2, -0.15) is 0 Å². The van der Waals surface area contributed by atoms with E-state index in [0.29, 0.717) is 31.0 Å². The number of aromatic amines is 1. The maximum Gasteiger partial charge on any atom is 0.320 e. The lowest BCUT2D eigenvalue weighted by Crippen LogP contribution is -2.34. The minimum absolute atomic E-state index is 0.105. The molecule has 1 saturated heterocycles. The second kappa shape index (κ2) is 6.63. The van der Waals surface area contributed by atoms with Crippen molar-refractivity contribution in [2.24, 2.45) is 11.8 Å². The van der Waals surface area contributed by atoms with Gasteiger partial charge in [0.1, 0.15) is 17.8 Å². The van der Waals surface area contributed by atoms with Gasteiger partial charge in [-0.1, -0.05) is 0 Å². The number of H-pyrrole nitrogens is 1. The Bertz CT molecular complexity index is 747. The molecule has 1 aliphatic heterocycles. The predicted molar refractivity (Wildman–Crippen MR) is 95.4 cm³/mol. The summed E-state index contributed by atoms with van der Waals surface area (Å²) in [5.74, 6) is 2.21. The van der Waals surface area contributed by atoms with Crippen molar-refractivity contribution in [3.63, 3.8) is 0 Å². The molecule has 134 valence electrons. The van der Waals surface area contributed by atoms with Crippen LogP contribution in [-0.2, 0) is 9.53 Å². The van der Waals surface area contributed by atoms with E-state index in [1.165, 1.54) is 0 Å². The summed E-state index contributed by atoms with van der Waals surface area (Å²) in [6, 6.07) is 2.53. The molecule has 1 unspecified atom stereocenters. The number of carbonyl (C=O) groups excluding carboxylic acids is 1. The number of nitrogens with one attached hydrogen (secondary N) is 1. The van der Waals surface area contributed by atoms with Gasteiger partial charge in [0.05, 0.1) is 18.5 Å². The molecule has 7 nitrogen and oxygen atoms in total. The quantitative estimate of drug-likeness (QED) is 0.833. The summed E-state index contributed by atoms with van der Waals surface area (Å²) in [5.41, 5.74) is 0.885. The normalized spacial score (nSPS) is 26.1. The molecule has 1 aliphatic carbocycles. The summed E-state index contributed by atoms with van der Waals surface area (Å²) in [5, 5.41) is 1.07. The molecule has 0 bridgehead atoms. The zero-order valence-corrected chi connectivity index (χ0v) is 14.8. The monoisotopic (exact) mass is 343 g/mol. The Kier molecular flexibility index (Phi) is 4.33. The van der Waals surface area contributed by atoms with E-state index in [1.54, 1.807) is 6.33 Å². The molecular weight excluding hydrogens is 318 g/mol. The maximum absolute atomic E-state index is 11.7. The van der Waals surface area contributed by atoms with E-state index in [4.69, 9.17) is 4.74 Å². The Morgan fingerprint density at radius 2 is 2.12 bits per heavy atom. The number of aromatic nitrogens is 3. The second-order valence-electron chi connectivity index (χ2n) is 7.19. The summed E-state index contributed by atoms with van der Waals surface area (Å²) >= 11 is 0. The Balaban J connectivity index is 1.40. The lowest BCUT2D eigenvalue weighted by atomic mass is 10.0. The van der Waals surface area contributed by atoms with Crippen LogP contribution in [-0.4, -0.2) is 65.2 Å². The number of likely N-dealkylation sites (tertiary alicyclic amines) is 1. The molecule has 0 aromatic carbocycles. The van der Waals surface area contributed by atoms with Gasteiger partial charge < -0.3 is 14.6 Å². The van der Waals surface area contributed by atoms with Crippen molar-refractivity contribution >= 4 is 22.8 Å². The van der Waals surface area contributed by atoms with Gasteiger partial charge in [-0.3, -0.25) is 9.69 Å². The number of fused-ring (bicyclic) bond motifs is 2.